The first-order valence-corrected chi connectivity index (χ1v) is 9.51. The van der Waals surface area contributed by atoms with Crippen LogP contribution in [0, 0.1) is 12.3 Å². The Balaban J connectivity index is 2.28. The Morgan fingerprint density at radius 2 is 2.00 bits per heavy atom. The van der Waals surface area contributed by atoms with Crippen LogP contribution in [-0.4, -0.2) is 38.0 Å². The van der Waals surface area contributed by atoms with E-state index in [9.17, 15) is 8.42 Å². The molecule has 6 heteroatoms. The molecule has 0 radical (unpaired) electrons. The van der Waals surface area contributed by atoms with Gasteiger partial charge in [-0.1, -0.05) is 13.8 Å². The number of nitrogens with zero attached hydrogens (tertiary/aromatic N) is 1. The number of hydrogen-bond acceptors (Lipinski definition) is 4. The van der Waals surface area contributed by atoms with Crippen LogP contribution in [0.15, 0.2) is 23.1 Å². The van der Waals surface area contributed by atoms with Gasteiger partial charge in [0.25, 0.3) is 0 Å². The van der Waals surface area contributed by atoms with Crippen molar-refractivity contribution < 1.29 is 13.2 Å². The summed E-state index contributed by atoms with van der Waals surface area (Å²) in [7, 11) is -3.50. The molecular formula is C17H28N2O3S. The van der Waals surface area contributed by atoms with Crippen molar-refractivity contribution in [3.8, 4) is 5.75 Å². The molecule has 0 amide bonds. The van der Waals surface area contributed by atoms with Crippen LogP contribution in [0.5, 0.6) is 5.75 Å². The highest BCUT2D eigenvalue weighted by molar-refractivity contribution is 7.89. The molecular weight excluding hydrogens is 312 g/mol. The Kier molecular flexibility index (Phi) is 5.09. The third kappa shape index (κ3) is 3.87. The minimum absolute atomic E-state index is 0.0255. The number of sulfonamides is 1. The summed E-state index contributed by atoms with van der Waals surface area (Å²) in [6.45, 7) is 10.7. The first-order valence-electron chi connectivity index (χ1n) is 8.07. The fourth-order valence-corrected chi connectivity index (χ4v) is 4.56. The highest BCUT2D eigenvalue weighted by atomic mass is 32.2. The van der Waals surface area contributed by atoms with Gasteiger partial charge < -0.3 is 10.5 Å². The monoisotopic (exact) mass is 340 g/mol. The molecule has 1 heterocycles. The second-order valence-electron chi connectivity index (χ2n) is 7.32. The standard InChI is InChI=1S/C17H28N2O3S/c1-12(2)22-15-7-6-14(10-13(15)3)23(20,21)19-9-8-16(18)17(4,5)11-19/h6-7,10,12,16H,8-9,11,18H2,1-5H3. The van der Waals surface area contributed by atoms with E-state index in [4.69, 9.17) is 10.5 Å². The van der Waals surface area contributed by atoms with Gasteiger partial charge in [-0.2, -0.15) is 4.31 Å². The van der Waals surface area contributed by atoms with Crippen molar-refractivity contribution in [1.29, 1.82) is 0 Å². The van der Waals surface area contributed by atoms with E-state index in [1.807, 2.05) is 34.6 Å². The highest BCUT2D eigenvalue weighted by Crippen LogP contribution is 2.32. The molecule has 1 fully saturated rings. The maximum atomic E-state index is 12.9. The molecule has 2 rings (SSSR count). The maximum absolute atomic E-state index is 12.9. The van der Waals surface area contributed by atoms with Crippen molar-refractivity contribution in [2.75, 3.05) is 13.1 Å². The number of benzene rings is 1. The minimum Gasteiger partial charge on any atom is -0.491 e. The van der Waals surface area contributed by atoms with Crippen molar-refractivity contribution in [2.45, 2.75) is 58.1 Å². The van der Waals surface area contributed by atoms with Crippen LogP contribution < -0.4 is 10.5 Å². The quantitative estimate of drug-likeness (QED) is 0.914. The number of rotatable bonds is 4. The third-order valence-electron chi connectivity index (χ3n) is 4.42. The van der Waals surface area contributed by atoms with Gasteiger partial charge in [0, 0.05) is 19.1 Å². The van der Waals surface area contributed by atoms with Gasteiger partial charge >= 0.3 is 0 Å². The lowest BCUT2D eigenvalue weighted by Crippen LogP contribution is -2.53. The minimum atomic E-state index is -3.50. The molecule has 1 aromatic carbocycles. The number of nitrogens with two attached hydrogens (primary N) is 1. The maximum Gasteiger partial charge on any atom is 0.243 e. The molecule has 0 saturated carbocycles. The van der Waals surface area contributed by atoms with Crippen LogP contribution in [0.3, 0.4) is 0 Å². The summed E-state index contributed by atoms with van der Waals surface area (Å²) in [6.07, 6.45) is 0.736. The molecule has 130 valence electrons. The van der Waals surface area contributed by atoms with E-state index in [-0.39, 0.29) is 17.6 Å². The largest absolute Gasteiger partial charge is 0.491 e. The van der Waals surface area contributed by atoms with Gasteiger partial charge in [0.1, 0.15) is 5.75 Å². The Labute approximate surface area is 139 Å². The summed E-state index contributed by atoms with van der Waals surface area (Å²) in [5.74, 6) is 0.722. The van der Waals surface area contributed by atoms with E-state index >= 15 is 0 Å². The Hall–Kier alpha value is -1.11. The van der Waals surface area contributed by atoms with Crippen LogP contribution in [0.4, 0.5) is 0 Å². The summed E-state index contributed by atoms with van der Waals surface area (Å²) < 4.78 is 33.1. The molecule has 0 aliphatic carbocycles. The molecule has 1 aromatic rings. The van der Waals surface area contributed by atoms with Gasteiger partial charge in [-0.05, 0) is 56.4 Å². The zero-order chi connectivity index (χ0) is 17.4. The topological polar surface area (TPSA) is 72.6 Å². The van der Waals surface area contributed by atoms with Crippen molar-refractivity contribution >= 4 is 10.0 Å². The van der Waals surface area contributed by atoms with E-state index in [0.29, 0.717) is 24.4 Å². The lowest BCUT2D eigenvalue weighted by molar-refractivity contribution is 0.155. The summed E-state index contributed by atoms with van der Waals surface area (Å²) in [6, 6.07) is 5.08. The van der Waals surface area contributed by atoms with E-state index in [0.717, 1.165) is 11.3 Å². The van der Waals surface area contributed by atoms with E-state index in [2.05, 4.69) is 0 Å². The van der Waals surface area contributed by atoms with Gasteiger partial charge in [0.05, 0.1) is 11.0 Å². The molecule has 1 saturated heterocycles. The molecule has 5 nitrogen and oxygen atoms in total. The molecule has 1 atom stereocenters. The van der Waals surface area contributed by atoms with Crippen molar-refractivity contribution in [1.82, 2.24) is 4.31 Å². The predicted octanol–water partition coefficient (Wildman–Crippen LogP) is 2.53. The van der Waals surface area contributed by atoms with Crippen LogP contribution in [0.25, 0.3) is 0 Å². The highest BCUT2D eigenvalue weighted by Gasteiger charge is 2.38. The van der Waals surface area contributed by atoms with Crippen molar-refractivity contribution in [3.05, 3.63) is 23.8 Å². The number of ether oxygens (including phenoxy) is 1. The third-order valence-corrected chi connectivity index (χ3v) is 6.27. The van der Waals surface area contributed by atoms with Gasteiger partial charge in [-0.3, -0.25) is 0 Å². The Morgan fingerprint density at radius 1 is 1.35 bits per heavy atom. The molecule has 0 bridgehead atoms. The first kappa shape index (κ1) is 18.2. The molecule has 0 aromatic heterocycles. The number of hydrogen-bond donors (Lipinski definition) is 1. The average Bonchev–Trinajstić information content (AvgIpc) is 2.43. The fourth-order valence-electron chi connectivity index (χ4n) is 2.85. The van der Waals surface area contributed by atoms with E-state index < -0.39 is 10.0 Å². The second-order valence-corrected chi connectivity index (χ2v) is 9.25. The smallest absolute Gasteiger partial charge is 0.243 e. The second kappa shape index (κ2) is 6.42. The van der Waals surface area contributed by atoms with Crippen LogP contribution in [0.2, 0.25) is 0 Å². The Morgan fingerprint density at radius 3 is 2.52 bits per heavy atom. The molecule has 1 unspecified atom stereocenters. The normalized spacial score (nSPS) is 22.3. The first-order chi connectivity index (χ1) is 10.5. The lowest BCUT2D eigenvalue weighted by atomic mass is 9.81. The average molecular weight is 340 g/mol. The molecule has 2 N–H and O–H groups in total. The molecule has 1 aliphatic heterocycles. The zero-order valence-electron chi connectivity index (χ0n) is 14.7. The Bertz CT molecular complexity index is 668. The van der Waals surface area contributed by atoms with Crippen molar-refractivity contribution in [3.63, 3.8) is 0 Å². The van der Waals surface area contributed by atoms with E-state index in [1.165, 1.54) is 0 Å². The number of aryl methyl sites for hydroxylation is 1. The van der Waals surface area contributed by atoms with Gasteiger partial charge in [-0.25, -0.2) is 8.42 Å². The summed E-state index contributed by atoms with van der Waals surface area (Å²) in [5, 5.41) is 0. The summed E-state index contributed by atoms with van der Waals surface area (Å²) in [4.78, 5) is 0.317. The SMILES string of the molecule is Cc1cc(S(=O)(=O)N2CCC(N)C(C)(C)C2)ccc1OC(C)C. The van der Waals surface area contributed by atoms with Gasteiger partial charge in [0.15, 0.2) is 0 Å². The van der Waals surface area contributed by atoms with Crippen LogP contribution in [0.1, 0.15) is 39.7 Å². The van der Waals surface area contributed by atoms with Crippen molar-refractivity contribution in [2.24, 2.45) is 11.1 Å². The van der Waals surface area contributed by atoms with Gasteiger partial charge in [-0.15, -0.1) is 0 Å². The van der Waals surface area contributed by atoms with Gasteiger partial charge in [0.2, 0.25) is 10.0 Å². The van der Waals surface area contributed by atoms with Crippen LogP contribution >= 0.6 is 0 Å². The van der Waals surface area contributed by atoms with E-state index in [1.54, 1.807) is 22.5 Å². The fraction of sp³-hybridized carbons (Fsp3) is 0.647. The molecule has 0 spiro atoms. The molecule has 1 aliphatic rings. The van der Waals surface area contributed by atoms with Crippen LogP contribution in [-0.2, 0) is 10.0 Å². The summed E-state index contributed by atoms with van der Waals surface area (Å²) in [5.41, 5.74) is 6.71. The predicted molar refractivity (Wildman–Crippen MR) is 92.1 cm³/mol. The lowest BCUT2D eigenvalue weighted by Gasteiger charge is -2.41. The number of piperidine rings is 1. The zero-order valence-corrected chi connectivity index (χ0v) is 15.5. The summed E-state index contributed by atoms with van der Waals surface area (Å²) >= 11 is 0. The molecule has 23 heavy (non-hydrogen) atoms.